The molecule has 0 heterocycles. The molecule has 0 bridgehead atoms. The Hall–Kier alpha value is -1.35. The third kappa shape index (κ3) is 4.88. The Labute approximate surface area is 110 Å². The van der Waals surface area contributed by atoms with E-state index in [9.17, 15) is 4.79 Å². The number of carbonyl (C=O) groups is 1. The molecule has 0 aliphatic rings. The second kappa shape index (κ2) is 7.17. The van der Waals surface area contributed by atoms with Crippen LogP contribution in [-0.4, -0.2) is 12.5 Å². The average Bonchev–Trinajstić information content (AvgIpc) is 2.36. The summed E-state index contributed by atoms with van der Waals surface area (Å²) in [5.41, 5.74) is 7.65. The van der Waals surface area contributed by atoms with Crippen molar-refractivity contribution in [2.75, 3.05) is 11.9 Å². The summed E-state index contributed by atoms with van der Waals surface area (Å²) in [6, 6.07) is 8.02. The highest BCUT2D eigenvalue weighted by Gasteiger charge is 2.07. The largest absolute Gasteiger partial charge is 0.330 e. The molecular weight excluding hydrogens is 224 g/mol. The summed E-state index contributed by atoms with van der Waals surface area (Å²) in [4.78, 5) is 11.8. The van der Waals surface area contributed by atoms with E-state index < -0.39 is 0 Å². The van der Waals surface area contributed by atoms with Crippen molar-refractivity contribution < 1.29 is 4.79 Å². The molecule has 3 heteroatoms. The van der Waals surface area contributed by atoms with Crippen LogP contribution in [-0.2, 0) is 4.79 Å². The third-order valence-electron chi connectivity index (χ3n) is 3.10. The fourth-order valence-corrected chi connectivity index (χ4v) is 1.69. The maximum atomic E-state index is 11.8. The lowest BCUT2D eigenvalue weighted by molar-refractivity contribution is -0.116. The molecule has 0 aliphatic heterocycles. The molecule has 0 fully saturated rings. The van der Waals surface area contributed by atoms with E-state index in [-0.39, 0.29) is 5.91 Å². The molecule has 0 spiro atoms. The Bertz CT molecular complexity index is 388. The van der Waals surface area contributed by atoms with Gasteiger partial charge < -0.3 is 11.1 Å². The van der Waals surface area contributed by atoms with Crippen LogP contribution in [0.15, 0.2) is 24.3 Å². The van der Waals surface area contributed by atoms with E-state index in [0.717, 1.165) is 12.1 Å². The first-order chi connectivity index (χ1) is 8.52. The van der Waals surface area contributed by atoms with E-state index in [4.69, 9.17) is 5.73 Å². The van der Waals surface area contributed by atoms with Crippen molar-refractivity contribution in [3.8, 4) is 0 Å². The van der Waals surface area contributed by atoms with Crippen molar-refractivity contribution in [3.05, 3.63) is 29.8 Å². The van der Waals surface area contributed by atoms with Crippen LogP contribution in [0.4, 0.5) is 5.69 Å². The summed E-state index contributed by atoms with van der Waals surface area (Å²) in [6.45, 7) is 6.98. The summed E-state index contributed by atoms with van der Waals surface area (Å²) < 4.78 is 0. The molecule has 1 amide bonds. The van der Waals surface area contributed by atoms with Crippen LogP contribution in [0.2, 0.25) is 0 Å². The van der Waals surface area contributed by atoms with Gasteiger partial charge in [-0.1, -0.05) is 32.9 Å². The normalized spacial score (nSPS) is 12.5. The molecule has 0 aromatic heterocycles. The number of carbonyl (C=O) groups excluding carboxylic acids is 1. The van der Waals surface area contributed by atoms with Gasteiger partial charge >= 0.3 is 0 Å². The molecule has 100 valence electrons. The highest BCUT2D eigenvalue weighted by Crippen LogP contribution is 2.18. The van der Waals surface area contributed by atoms with Gasteiger partial charge in [-0.2, -0.15) is 0 Å². The molecule has 1 unspecified atom stereocenters. The monoisotopic (exact) mass is 248 g/mol. The maximum Gasteiger partial charge on any atom is 0.224 e. The van der Waals surface area contributed by atoms with Gasteiger partial charge in [0.05, 0.1) is 0 Å². The Morgan fingerprint density at radius 1 is 1.33 bits per heavy atom. The van der Waals surface area contributed by atoms with Gasteiger partial charge in [0.1, 0.15) is 0 Å². The molecule has 1 rings (SSSR count). The fraction of sp³-hybridized carbons (Fsp3) is 0.533. The lowest BCUT2D eigenvalue weighted by Gasteiger charge is -2.11. The smallest absolute Gasteiger partial charge is 0.224 e. The third-order valence-corrected chi connectivity index (χ3v) is 3.10. The molecule has 0 radical (unpaired) electrons. The standard InChI is InChI=1S/C15H24N2O/c1-11(2)13-5-4-6-14(9-13)17-15(18)8-7-12(3)10-16/h4-6,9,11-12H,7-8,10,16H2,1-3H3,(H,17,18). The van der Waals surface area contributed by atoms with Crippen molar-refractivity contribution in [1.29, 1.82) is 0 Å². The van der Waals surface area contributed by atoms with E-state index in [1.54, 1.807) is 0 Å². The number of rotatable bonds is 6. The predicted molar refractivity (Wildman–Crippen MR) is 76.6 cm³/mol. The number of amides is 1. The van der Waals surface area contributed by atoms with Crippen molar-refractivity contribution >= 4 is 11.6 Å². The van der Waals surface area contributed by atoms with Crippen LogP contribution in [0.25, 0.3) is 0 Å². The van der Waals surface area contributed by atoms with Crippen LogP contribution < -0.4 is 11.1 Å². The summed E-state index contributed by atoms with van der Waals surface area (Å²) >= 11 is 0. The second-order valence-electron chi connectivity index (χ2n) is 5.21. The summed E-state index contributed by atoms with van der Waals surface area (Å²) in [5.74, 6) is 0.938. The summed E-state index contributed by atoms with van der Waals surface area (Å²) in [5, 5.41) is 2.94. The lowest BCUT2D eigenvalue weighted by Crippen LogP contribution is -2.16. The van der Waals surface area contributed by atoms with Crippen LogP contribution in [0, 0.1) is 5.92 Å². The number of benzene rings is 1. The first-order valence-corrected chi connectivity index (χ1v) is 6.62. The SMILES string of the molecule is CC(CN)CCC(=O)Nc1cccc(C(C)C)c1. The molecule has 18 heavy (non-hydrogen) atoms. The number of hydrogen-bond acceptors (Lipinski definition) is 2. The predicted octanol–water partition coefficient (Wildman–Crippen LogP) is 3.12. The average molecular weight is 248 g/mol. The van der Waals surface area contributed by atoms with Gasteiger partial charge in [-0.25, -0.2) is 0 Å². The minimum absolute atomic E-state index is 0.0659. The molecule has 1 atom stereocenters. The Morgan fingerprint density at radius 3 is 2.67 bits per heavy atom. The minimum atomic E-state index is 0.0659. The zero-order chi connectivity index (χ0) is 13.5. The highest BCUT2D eigenvalue weighted by molar-refractivity contribution is 5.90. The second-order valence-corrected chi connectivity index (χ2v) is 5.21. The number of hydrogen-bond donors (Lipinski definition) is 2. The van der Waals surface area contributed by atoms with Crippen LogP contribution in [0.1, 0.15) is 45.1 Å². The van der Waals surface area contributed by atoms with E-state index in [1.807, 2.05) is 18.2 Å². The first kappa shape index (κ1) is 14.7. The molecule has 1 aromatic rings. The van der Waals surface area contributed by atoms with Crippen LogP contribution in [0.3, 0.4) is 0 Å². The Morgan fingerprint density at radius 2 is 2.06 bits per heavy atom. The zero-order valence-electron chi connectivity index (χ0n) is 11.6. The van der Waals surface area contributed by atoms with Gasteiger partial charge in [-0.15, -0.1) is 0 Å². The van der Waals surface area contributed by atoms with Gasteiger partial charge in [0.25, 0.3) is 0 Å². The first-order valence-electron chi connectivity index (χ1n) is 6.62. The van der Waals surface area contributed by atoms with Gasteiger partial charge in [0.2, 0.25) is 5.91 Å². The fourth-order valence-electron chi connectivity index (χ4n) is 1.69. The molecule has 0 aliphatic carbocycles. The van der Waals surface area contributed by atoms with Gasteiger partial charge in [-0.05, 0) is 42.5 Å². The molecule has 0 saturated heterocycles. The van der Waals surface area contributed by atoms with E-state index >= 15 is 0 Å². The number of nitrogens with two attached hydrogens (primary N) is 1. The summed E-state index contributed by atoms with van der Waals surface area (Å²) in [7, 11) is 0. The maximum absolute atomic E-state index is 11.8. The number of anilines is 1. The van der Waals surface area contributed by atoms with Crippen LogP contribution in [0.5, 0.6) is 0 Å². The minimum Gasteiger partial charge on any atom is -0.330 e. The number of nitrogens with one attached hydrogen (secondary N) is 1. The van der Waals surface area contributed by atoms with Crippen molar-refractivity contribution in [3.63, 3.8) is 0 Å². The molecule has 0 saturated carbocycles. The van der Waals surface area contributed by atoms with Crippen molar-refractivity contribution in [2.24, 2.45) is 11.7 Å². The van der Waals surface area contributed by atoms with Gasteiger partial charge in [0, 0.05) is 12.1 Å². The van der Waals surface area contributed by atoms with Crippen molar-refractivity contribution in [2.45, 2.75) is 39.5 Å². The van der Waals surface area contributed by atoms with Gasteiger partial charge in [-0.3, -0.25) is 4.79 Å². The summed E-state index contributed by atoms with van der Waals surface area (Å²) in [6.07, 6.45) is 1.37. The molecular formula is C15H24N2O. The Kier molecular flexibility index (Phi) is 5.86. The Balaban J connectivity index is 2.51. The van der Waals surface area contributed by atoms with Gasteiger partial charge in [0.15, 0.2) is 0 Å². The van der Waals surface area contributed by atoms with E-state index in [1.165, 1.54) is 5.56 Å². The highest BCUT2D eigenvalue weighted by atomic mass is 16.1. The zero-order valence-corrected chi connectivity index (χ0v) is 11.6. The lowest BCUT2D eigenvalue weighted by atomic mass is 10.0. The molecule has 3 N–H and O–H groups in total. The van der Waals surface area contributed by atoms with E-state index in [0.29, 0.717) is 24.8 Å². The van der Waals surface area contributed by atoms with Crippen LogP contribution >= 0.6 is 0 Å². The quantitative estimate of drug-likeness (QED) is 0.812. The van der Waals surface area contributed by atoms with E-state index in [2.05, 4.69) is 32.2 Å². The van der Waals surface area contributed by atoms with Crippen molar-refractivity contribution in [1.82, 2.24) is 0 Å². The molecule has 3 nitrogen and oxygen atoms in total. The molecule has 1 aromatic carbocycles. The topological polar surface area (TPSA) is 55.1 Å².